The molecule has 0 heterocycles. The van der Waals surface area contributed by atoms with E-state index in [2.05, 4.69) is 12.2 Å². The van der Waals surface area contributed by atoms with Crippen LogP contribution in [-0.4, -0.2) is 11.7 Å². The fraction of sp³-hybridized carbons (Fsp3) is 0.250. The zero-order chi connectivity index (χ0) is 13.7. The predicted molar refractivity (Wildman–Crippen MR) is 75.7 cm³/mol. The van der Waals surface area contributed by atoms with Crippen molar-refractivity contribution in [2.45, 2.75) is 19.4 Å². The molecule has 0 spiro atoms. The number of nitrogens with one attached hydrogen (secondary N) is 1. The molecular weight excluding hydrogens is 241 g/mol. The van der Waals surface area contributed by atoms with Crippen LogP contribution >= 0.6 is 0 Å². The topological polar surface area (TPSA) is 32.3 Å². The molecule has 0 aliphatic heterocycles. The van der Waals surface area contributed by atoms with Crippen molar-refractivity contribution in [1.82, 2.24) is 0 Å². The number of halogens is 1. The Morgan fingerprint density at radius 2 is 1.68 bits per heavy atom. The second-order valence-electron chi connectivity index (χ2n) is 4.50. The lowest BCUT2D eigenvalue weighted by Gasteiger charge is -2.13. The first-order valence-corrected chi connectivity index (χ1v) is 6.45. The van der Waals surface area contributed by atoms with Crippen LogP contribution in [-0.2, 0) is 6.42 Å². The molecule has 2 nitrogen and oxygen atoms in total. The van der Waals surface area contributed by atoms with Gasteiger partial charge in [-0.3, -0.25) is 0 Å². The van der Waals surface area contributed by atoms with Crippen molar-refractivity contribution in [3.8, 4) is 0 Å². The van der Waals surface area contributed by atoms with Gasteiger partial charge in [0, 0.05) is 12.2 Å². The van der Waals surface area contributed by atoms with Gasteiger partial charge < -0.3 is 10.4 Å². The Bertz CT molecular complexity index is 507. The van der Waals surface area contributed by atoms with E-state index in [1.54, 1.807) is 12.1 Å². The molecule has 2 aromatic carbocycles. The Morgan fingerprint density at radius 1 is 1.05 bits per heavy atom. The lowest BCUT2D eigenvalue weighted by Crippen LogP contribution is -2.12. The minimum Gasteiger partial charge on any atom is -0.387 e. The number of hydrogen-bond donors (Lipinski definition) is 2. The van der Waals surface area contributed by atoms with Crippen LogP contribution in [0.2, 0.25) is 0 Å². The minimum atomic E-state index is -0.573. The standard InChI is InChI=1S/C16H18FNO/c1-2-12-3-5-13(6-4-12)16(19)11-18-15-9-7-14(17)8-10-15/h3-10,16,18-19H,2,11H2,1H3. The summed E-state index contributed by atoms with van der Waals surface area (Å²) in [4.78, 5) is 0. The molecule has 0 radical (unpaired) electrons. The first kappa shape index (κ1) is 13.6. The van der Waals surface area contributed by atoms with Crippen molar-refractivity contribution in [2.75, 3.05) is 11.9 Å². The van der Waals surface area contributed by atoms with E-state index in [1.807, 2.05) is 24.3 Å². The smallest absolute Gasteiger partial charge is 0.123 e. The first-order valence-electron chi connectivity index (χ1n) is 6.45. The Hall–Kier alpha value is -1.87. The van der Waals surface area contributed by atoms with Gasteiger partial charge in [0.1, 0.15) is 5.82 Å². The van der Waals surface area contributed by atoms with Gasteiger partial charge in [-0.25, -0.2) is 4.39 Å². The third-order valence-electron chi connectivity index (χ3n) is 3.12. The summed E-state index contributed by atoms with van der Waals surface area (Å²) in [5.74, 6) is -0.263. The summed E-state index contributed by atoms with van der Waals surface area (Å²) >= 11 is 0. The molecular formula is C16H18FNO. The van der Waals surface area contributed by atoms with Crippen LogP contribution in [0.4, 0.5) is 10.1 Å². The van der Waals surface area contributed by atoms with E-state index in [-0.39, 0.29) is 5.82 Å². The first-order chi connectivity index (χ1) is 9.19. The van der Waals surface area contributed by atoms with Crippen molar-refractivity contribution in [3.63, 3.8) is 0 Å². The maximum Gasteiger partial charge on any atom is 0.123 e. The molecule has 2 N–H and O–H groups in total. The van der Waals surface area contributed by atoms with Crippen molar-refractivity contribution < 1.29 is 9.50 Å². The number of benzene rings is 2. The van der Waals surface area contributed by atoms with Gasteiger partial charge in [-0.15, -0.1) is 0 Å². The third kappa shape index (κ3) is 3.80. The maximum atomic E-state index is 12.7. The van der Waals surface area contributed by atoms with Crippen LogP contribution in [0.3, 0.4) is 0 Å². The van der Waals surface area contributed by atoms with Crippen LogP contribution in [0.15, 0.2) is 48.5 Å². The summed E-state index contributed by atoms with van der Waals surface area (Å²) in [6, 6.07) is 14.0. The number of aryl methyl sites for hydroxylation is 1. The fourth-order valence-electron chi connectivity index (χ4n) is 1.88. The van der Waals surface area contributed by atoms with E-state index >= 15 is 0 Å². The van der Waals surface area contributed by atoms with Crippen LogP contribution in [0.25, 0.3) is 0 Å². The van der Waals surface area contributed by atoms with Crippen LogP contribution in [0, 0.1) is 5.82 Å². The highest BCUT2D eigenvalue weighted by Crippen LogP contribution is 2.16. The quantitative estimate of drug-likeness (QED) is 0.861. The highest BCUT2D eigenvalue weighted by molar-refractivity contribution is 5.43. The summed E-state index contributed by atoms with van der Waals surface area (Å²) in [7, 11) is 0. The van der Waals surface area contributed by atoms with Crippen molar-refractivity contribution in [3.05, 3.63) is 65.5 Å². The van der Waals surface area contributed by atoms with Gasteiger partial charge in [0.2, 0.25) is 0 Å². The summed E-state index contributed by atoms with van der Waals surface area (Å²) in [6.45, 7) is 2.50. The van der Waals surface area contributed by atoms with Crippen molar-refractivity contribution in [1.29, 1.82) is 0 Å². The Morgan fingerprint density at radius 3 is 2.26 bits per heavy atom. The highest BCUT2D eigenvalue weighted by atomic mass is 19.1. The van der Waals surface area contributed by atoms with Crippen LogP contribution < -0.4 is 5.32 Å². The van der Waals surface area contributed by atoms with E-state index < -0.39 is 6.10 Å². The second kappa shape index (κ2) is 6.34. The van der Waals surface area contributed by atoms with Gasteiger partial charge in [-0.1, -0.05) is 31.2 Å². The van der Waals surface area contributed by atoms with Crippen LogP contribution in [0.5, 0.6) is 0 Å². The molecule has 1 atom stereocenters. The minimum absolute atomic E-state index is 0.263. The monoisotopic (exact) mass is 259 g/mol. The molecule has 0 fully saturated rings. The zero-order valence-electron chi connectivity index (χ0n) is 10.9. The second-order valence-corrected chi connectivity index (χ2v) is 4.50. The molecule has 3 heteroatoms. The third-order valence-corrected chi connectivity index (χ3v) is 3.12. The summed E-state index contributed by atoms with van der Waals surface area (Å²) < 4.78 is 12.7. The molecule has 1 unspecified atom stereocenters. The SMILES string of the molecule is CCc1ccc(C(O)CNc2ccc(F)cc2)cc1. The van der Waals surface area contributed by atoms with Gasteiger partial charge >= 0.3 is 0 Å². The van der Waals surface area contributed by atoms with E-state index in [0.29, 0.717) is 6.54 Å². The van der Waals surface area contributed by atoms with Crippen molar-refractivity contribution >= 4 is 5.69 Å². The number of aliphatic hydroxyl groups excluding tert-OH is 1. The summed E-state index contributed by atoms with van der Waals surface area (Å²) in [5, 5.41) is 13.1. The molecule has 0 amide bonds. The molecule has 0 saturated carbocycles. The number of aliphatic hydroxyl groups is 1. The molecule has 0 aliphatic rings. The van der Waals surface area contributed by atoms with Gasteiger partial charge in [0.15, 0.2) is 0 Å². The fourth-order valence-corrected chi connectivity index (χ4v) is 1.88. The Balaban J connectivity index is 1.93. The lowest BCUT2D eigenvalue weighted by atomic mass is 10.1. The molecule has 2 aromatic rings. The largest absolute Gasteiger partial charge is 0.387 e. The Labute approximate surface area is 112 Å². The molecule has 0 aromatic heterocycles. The van der Waals surface area contributed by atoms with Crippen molar-refractivity contribution in [2.24, 2.45) is 0 Å². The molecule has 0 bridgehead atoms. The van der Waals surface area contributed by atoms with Gasteiger partial charge in [0.25, 0.3) is 0 Å². The van der Waals surface area contributed by atoms with E-state index in [9.17, 15) is 9.50 Å². The lowest BCUT2D eigenvalue weighted by molar-refractivity contribution is 0.191. The molecule has 0 aliphatic carbocycles. The zero-order valence-corrected chi connectivity index (χ0v) is 10.9. The molecule has 19 heavy (non-hydrogen) atoms. The van der Waals surface area contributed by atoms with E-state index in [4.69, 9.17) is 0 Å². The molecule has 2 rings (SSSR count). The van der Waals surface area contributed by atoms with E-state index in [1.165, 1.54) is 17.7 Å². The van der Waals surface area contributed by atoms with E-state index in [0.717, 1.165) is 17.7 Å². The van der Waals surface area contributed by atoms with Gasteiger partial charge in [-0.2, -0.15) is 0 Å². The predicted octanol–water partition coefficient (Wildman–Crippen LogP) is 3.53. The summed E-state index contributed by atoms with van der Waals surface area (Å²) in [6.07, 6.45) is 0.417. The summed E-state index contributed by atoms with van der Waals surface area (Å²) in [5.41, 5.74) is 2.93. The maximum absolute atomic E-state index is 12.7. The van der Waals surface area contributed by atoms with Gasteiger partial charge in [0.05, 0.1) is 6.10 Å². The number of hydrogen-bond acceptors (Lipinski definition) is 2. The Kier molecular flexibility index (Phi) is 4.53. The van der Waals surface area contributed by atoms with Crippen LogP contribution in [0.1, 0.15) is 24.2 Å². The molecule has 100 valence electrons. The normalized spacial score (nSPS) is 12.2. The highest BCUT2D eigenvalue weighted by Gasteiger charge is 2.06. The average molecular weight is 259 g/mol. The number of anilines is 1. The van der Waals surface area contributed by atoms with Gasteiger partial charge in [-0.05, 0) is 41.8 Å². The average Bonchev–Trinajstić information content (AvgIpc) is 2.46. The number of rotatable bonds is 5. The molecule has 0 saturated heterocycles.